The number of hydrogen-bond donors (Lipinski definition) is 3. The zero-order valence-corrected chi connectivity index (χ0v) is 7.94. The maximum absolute atomic E-state index is 5.49. The van der Waals surface area contributed by atoms with E-state index in [0.29, 0.717) is 0 Å². The van der Waals surface area contributed by atoms with E-state index >= 15 is 0 Å². The number of nitrogens with zero attached hydrogens (tertiary/aromatic N) is 2. The number of hydrazine groups is 1. The first-order chi connectivity index (χ1) is 6.81. The number of H-pyrrole nitrogens is 1. The second-order valence-corrected chi connectivity index (χ2v) is 3.14. The van der Waals surface area contributed by atoms with Crippen LogP contribution in [0.15, 0.2) is 30.6 Å². The highest BCUT2D eigenvalue weighted by atomic mass is 15.3. The molecular formula is C9H13N5. The van der Waals surface area contributed by atoms with E-state index in [4.69, 9.17) is 5.84 Å². The zero-order valence-electron chi connectivity index (χ0n) is 7.94. The largest absolute Gasteiger partial charge is 0.363 e. The highest BCUT2D eigenvalue weighted by molar-refractivity contribution is 5.20. The van der Waals surface area contributed by atoms with Gasteiger partial charge in [0, 0.05) is 25.1 Å². The van der Waals surface area contributed by atoms with Crippen LogP contribution >= 0.6 is 0 Å². The number of rotatable bonds is 3. The maximum Gasteiger partial charge on any atom is 0.105 e. The van der Waals surface area contributed by atoms with Crippen LogP contribution in [-0.4, -0.2) is 14.8 Å². The molecule has 2 aromatic heterocycles. The first-order valence-electron chi connectivity index (χ1n) is 4.40. The monoisotopic (exact) mass is 191 g/mol. The fourth-order valence-electron chi connectivity index (χ4n) is 1.45. The topological polar surface area (TPSA) is 71.7 Å². The van der Waals surface area contributed by atoms with Gasteiger partial charge >= 0.3 is 0 Å². The van der Waals surface area contributed by atoms with Gasteiger partial charge in [0.1, 0.15) is 6.04 Å². The molecule has 1 unspecified atom stereocenters. The summed E-state index contributed by atoms with van der Waals surface area (Å²) in [7, 11) is 1.88. The quantitative estimate of drug-likeness (QED) is 0.482. The minimum atomic E-state index is -0.0776. The van der Waals surface area contributed by atoms with Crippen LogP contribution in [0.2, 0.25) is 0 Å². The van der Waals surface area contributed by atoms with Gasteiger partial charge in [-0.1, -0.05) is 0 Å². The van der Waals surface area contributed by atoms with Gasteiger partial charge in [-0.15, -0.1) is 0 Å². The average Bonchev–Trinajstić information content (AvgIpc) is 2.79. The van der Waals surface area contributed by atoms with Crippen molar-refractivity contribution in [1.82, 2.24) is 20.2 Å². The molecule has 14 heavy (non-hydrogen) atoms. The Kier molecular flexibility index (Phi) is 2.34. The van der Waals surface area contributed by atoms with E-state index < -0.39 is 0 Å². The van der Waals surface area contributed by atoms with Gasteiger partial charge in [-0.25, -0.2) is 5.43 Å². The van der Waals surface area contributed by atoms with Gasteiger partial charge in [0.2, 0.25) is 0 Å². The lowest BCUT2D eigenvalue weighted by atomic mass is 10.1. The van der Waals surface area contributed by atoms with Crippen LogP contribution in [0.25, 0.3) is 0 Å². The number of nitrogens with two attached hydrogens (primary N) is 1. The summed E-state index contributed by atoms with van der Waals surface area (Å²) < 4.78 is 1.75. The molecule has 0 aliphatic heterocycles. The number of aromatic nitrogens is 3. The zero-order chi connectivity index (χ0) is 9.97. The normalized spacial score (nSPS) is 13.0. The van der Waals surface area contributed by atoms with Gasteiger partial charge in [-0.05, 0) is 18.2 Å². The Morgan fingerprint density at radius 2 is 2.43 bits per heavy atom. The van der Waals surface area contributed by atoms with Gasteiger partial charge in [-0.3, -0.25) is 10.5 Å². The van der Waals surface area contributed by atoms with Crippen molar-refractivity contribution in [2.75, 3.05) is 0 Å². The summed E-state index contributed by atoms with van der Waals surface area (Å²) in [5.41, 5.74) is 4.63. The fraction of sp³-hybridized carbons (Fsp3) is 0.222. The first-order valence-corrected chi connectivity index (χ1v) is 4.40. The second kappa shape index (κ2) is 3.65. The molecule has 5 nitrogen and oxygen atoms in total. The predicted octanol–water partition coefficient (Wildman–Crippen LogP) is 0.301. The molecule has 5 heteroatoms. The minimum Gasteiger partial charge on any atom is -0.363 e. The Hall–Kier alpha value is -1.59. The molecule has 0 bridgehead atoms. The molecule has 2 heterocycles. The Morgan fingerprint density at radius 1 is 1.57 bits per heavy atom. The van der Waals surface area contributed by atoms with E-state index in [9.17, 15) is 0 Å². The summed E-state index contributed by atoms with van der Waals surface area (Å²) in [6, 6.07) is 5.76. The van der Waals surface area contributed by atoms with E-state index in [-0.39, 0.29) is 6.04 Å². The van der Waals surface area contributed by atoms with E-state index in [2.05, 4.69) is 15.5 Å². The molecule has 0 spiro atoms. The van der Waals surface area contributed by atoms with Gasteiger partial charge in [-0.2, -0.15) is 5.10 Å². The van der Waals surface area contributed by atoms with Crippen molar-refractivity contribution < 1.29 is 0 Å². The number of aryl methyl sites for hydroxylation is 1. The Balaban J connectivity index is 2.31. The second-order valence-electron chi connectivity index (χ2n) is 3.14. The summed E-state index contributed by atoms with van der Waals surface area (Å²) in [6.07, 6.45) is 3.76. The predicted molar refractivity (Wildman–Crippen MR) is 53.2 cm³/mol. The maximum atomic E-state index is 5.49. The summed E-state index contributed by atoms with van der Waals surface area (Å²) in [5, 5.41) is 4.29. The Labute approximate surface area is 81.9 Å². The van der Waals surface area contributed by atoms with E-state index in [0.717, 1.165) is 11.4 Å². The fourth-order valence-corrected chi connectivity index (χ4v) is 1.45. The van der Waals surface area contributed by atoms with Crippen LogP contribution in [0.4, 0.5) is 0 Å². The molecule has 0 aliphatic rings. The van der Waals surface area contributed by atoms with Crippen LogP contribution in [0.5, 0.6) is 0 Å². The van der Waals surface area contributed by atoms with Crippen molar-refractivity contribution in [2.24, 2.45) is 12.9 Å². The van der Waals surface area contributed by atoms with Crippen LogP contribution < -0.4 is 11.3 Å². The van der Waals surface area contributed by atoms with Crippen molar-refractivity contribution in [3.05, 3.63) is 42.0 Å². The molecule has 0 saturated heterocycles. The van der Waals surface area contributed by atoms with Crippen molar-refractivity contribution in [3.63, 3.8) is 0 Å². The third-order valence-electron chi connectivity index (χ3n) is 2.13. The van der Waals surface area contributed by atoms with Crippen LogP contribution in [0.3, 0.4) is 0 Å². The van der Waals surface area contributed by atoms with Crippen LogP contribution in [0.1, 0.15) is 17.4 Å². The molecule has 0 aromatic carbocycles. The summed E-state index contributed by atoms with van der Waals surface area (Å²) in [4.78, 5) is 3.10. The van der Waals surface area contributed by atoms with Gasteiger partial charge in [0.25, 0.3) is 0 Å². The summed E-state index contributed by atoms with van der Waals surface area (Å²) in [5.74, 6) is 5.49. The third-order valence-corrected chi connectivity index (χ3v) is 2.13. The van der Waals surface area contributed by atoms with E-state index in [1.165, 1.54) is 0 Å². The summed E-state index contributed by atoms with van der Waals surface area (Å²) in [6.45, 7) is 0. The standard InChI is InChI=1S/C9H13N5/c1-14-6-4-8(13-14)9(12-10)7-3-2-5-11-7/h2-6,9,11-12H,10H2,1H3. The molecule has 2 rings (SSSR count). The molecule has 4 N–H and O–H groups in total. The van der Waals surface area contributed by atoms with Crippen LogP contribution in [-0.2, 0) is 7.05 Å². The lowest BCUT2D eigenvalue weighted by molar-refractivity contribution is 0.593. The Morgan fingerprint density at radius 3 is 2.93 bits per heavy atom. The molecule has 0 radical (unpaired) electrons. The van der Waals surface area contributed by atoms with Crippen molar-refractivity contribution in [3.8, 4) is 0 Å². The van der Waals surface area contributed by atoms with E-state index in [1.54, 1.807) is 4.68 Å². The van der Waals surface area contributed by atoms with Crippen molar-refractivity contribution >= 4 is 0 Å². The molecule has 1 atom stereocenters. The van der Waals surface area contributed by atoms with Crippen LogP contribution in [0, 0.1) is 0 Å². The van der Waals surface area contributed by atoms with E-state index in [1.807, 2.05) is 37.6 Å². The number of hydrogen-bond acceptors (Lipinski definition) is 3. The molecular weight excluding hydrogens is 178 g/mol. The average molecular weight is 191 g/mol. The third kappa shape index (κ3) is 1.55. The molecule has 0 amide bonds. The lowest BCUT2D eigenvalue weighted by Crippen LogP contribution is -2.29. The summed E-state index contributed by atoms with van der Waals surface area (Å²) >= 11 is 0. The van der Waals surface area contributed by atoms with Gasteiger partial charge < -0.3 is 4.98 Å². The molecule has 0 fully saturated rings. The molecule has 2 aromatic rings. The highest BCUT2D eigenvalue weighted by Gasteiger charge is 2.14. The van der Waals surface area contributed by atoms with Crippen molar-refractivity contribution in [1.29, 1.82) is 0 Å². The molecule has 0 aliphatic carbocycles. The van der Waals surface area contributed by atoms with Gasteiger partial charge in [0.15, 0.2) is 0 Å². The lowest BCUT2D eigenvalue weighted by Gasteiger charge is -2.11. The number of aromatic amines is 1. The highest BCUT2D eigenvalue weighted by Crippen LogP contribution is 2.16. The first kappa shape index (κ1) is 8.98. The van der Waals surface area contributed by atoms with Gasteiger partial charge in [0.05, 0.1) is 5.69 Å². The molecule has 0 saturated carbocycles. The Bertz CT molecular complexity index is 389. The van der Waals surface area contributed by atoms with Crippen molar-refractivity contribution in [2.45, 2.75) is 6.04 Å². The molecule has 74 valence electrons. The number of nitrogens with one attached hydrogen (secondary N) is 2. The SMILES string of the molecule is Cn1ccc(C(NN)c2ccc[nH]2)n1. The smallest absolute Gasteiger partial charge is 0.105 e. The minimum absolute atomic E-state index is 0.0776.